The van der Waals surface area contributed by atoms with E-state index in [2.05, 4.69) is 181 Å². The van der Waals surface area contributed by atoms with Crippen molar-refractivity contribution in [3.05, 3.63) is 176 Å². The zero-order chi connectivity index (χ0) is 31.6. The average Bonchev–Trinajstić information content (AvgIpc) is 3.53. The van der Waals surface area contributed by atoms with Crippen molar-refractivity contribution in [3.8, 4) is 11.1 Å². The average molecular weight is 628 g/mol. The third kappa shape index (κ3) is 4.38. The lowest BCUT2D eigenvalue weighted by molar-refractivity contribution is 1.30. The highest BCUT2D eigenvalue weighted by molar-refractivity contribution is 7.25. The van der Waals surface area contributed by atoms with Gasteiger partial charge in [0.1, 0.15) is 0 Å². The van der Waals surface area contributed by atoms with Crippen LogP contribution in [-0.2, 0) is 0 Å². The van der Waals surface area contributed by atoms with E-state index in [1.54, 1.807) is 0 Å². The largest absolute Gasteiger partial charge is 0.310 e. The summed E-state index contributed by atoms with van der Waals surface area (Å²) in [6.45, 7) is 0. The van der Waals surface area contributed by atoms with Gasteiger partial charge in [0.2, 0.25) is 0 Å². The Kier molecular flexibility index (Phi) is 6.12. The van der Waals surface area contributed by atoms with E-state index in [0.717, 1.165) is 17.1 Å². The van der Waals surface area contributed by atoms with Crippen LogP contribution in [0.25, 0.3) is 74.4 Å². The second kappa shape index (κ2) is 10.8. The summed E-state index contributed by atoms with van der Waals surface area (Å²) in [7, 11) is 0. The van der Waals surface area contributed by atoms with Crippen LogP contribution in [0.5, 0.6) is 0 Å². The number of fused-ring (bicyclic) bond motifs is 9. The maximum Gasteiger partial charge on any atom is 0.0468 e. The number of thiophene rings is 1. The summed E-state index contributed by atoms with van der Waals surface area (Å²) in [5.74, 6) is 0. The first-order valence-corrected chi connectivity index (χ1v) is 17.2. The Labute approximate surface area is 282 Å². The first kappa shape index (κ1) is 27.2. The van der Waals surface area contributed by atoms with Crippen LogP contribution in [0.4, 0.5) is 17.1 Å². The molecule has 0 aliphatic carbocycles. The fraction of sp³-hybridized carbons (Fsp3) is 0. The molecule has 1 nitrogen and oxygen atoms in total. The third-order valence-electron chi connectivity index (χ3n) is 9.81. The number of hydrogen-bond donors (Lipinski definition) is 0. The predicted octanol–water partition coefficient (Wildman–Crippen LogP) is 13.8. The van der Waals surface area contributed by atoms with Crippen molar-refractivity contribution in [1.82, 2.24) is 0 Å². The van der Waals surface area contributed by atoms with Crippen LogP contribution in [0, 0.1) is 0 Å². The van der Waals surface area contributed by atoms with E-state index in [1.165, 1.54) is 74.4 Å². The predicted molar refractivity (Wildman–Crippen MR) is 209 cm³/mol. The van der Waals surface area contributed by atoms with E-state index in [0.29, 0.717) is 0 Å². The molecule has 1 heterocycles. The summed E-state index contributed by atoms with van der Waals surface area (Å²) < 4.78 is 2.63. The second-order valence-electron chi connectivity index (χ2n) is 12.6. The molecule has 9 aromatic carbocycles. The molecule has 0 amide bonds. The van der Waals surface area contributed by atoms with E-state index < -0.39 is 0 Å². The molecule has 10 rings (SSSR count). The van der Waals surface area contributed by atoms with Crippen LogP contribution in [0.1, 0.15) is 0 Å². The zero-order valence-corrected chi connectivity index (χ0v) is 26.9. The van der Waals surface area contributed by atoms with Gasteiger partial charge in [0.25, 0.3) is 0 Å². The zero-order valence-electron chi connectivity index (χ0n) is 26.1. The topological polar surface area (TPSA) is 3.24 Å². The van der Waals surface area contributed by atoms with Gasteiger partial charge in [-0.2, -0.15) is 0 Å². The molecule has 0 bridgehead atoms. The van der Waals surface area contributed by atoms with Gasteiger partial charge >= 0.3 is 0 Å². The molecule has 0 spiro atoms. The van der Waals surface area contributed by atoms with Crippen molar-refractivity contribution in [2.45, 2.75) is 0 Å². The summed E-state index contributed by atoms with van der Waals surface area (Å²) in [6, 6.07) is 64.7. The Morgan fingerprint density at radius 3 is 1.46 bits per heavy atom. The number of hydrogen-bond acceptors (Lipinski definition) is 2. The maximum absolute atomic E-state index is 2.41. The summed E-state index contributed by atoms with van der Waals surface area (Å²) in [4.78, 5) is 2.41. The molecular weight excluding hydrogens is 599 g/mol. The summed E-state index contributed by atoms with van der Waals surface area (Å²) in [6.07, 6.45) is 0. The molecule has 0 fully saturated rings. The van der Waals surface area contributed by atoms with Crippen molar-refractivity contribution in [2.75, 3.05) is 4.90 Å². The van der Waals surface area contributed by atoms with Crippen LogP contribution in [0.2, 0.25) is 0 Å². The van der Waals surface area contributed by atoms with E-state index in [-0.39, 0.29) is 0 Å². The quantitative estimate of drug-likeness (QED) is 0.176. The second-order valence-corrected chi connectivity index (χ2v) is 13.7. The monoisotopic (exact) mass is 627 g/mol. The molecule has 2 heteroatoms. The number of anilines is 3. The molecule has 224 valence electrons. The molecule has 0 N–H and O–H groups in total. The maximum atomic E-state index is 2.41. The highest BCUT2D eigenvalue weighted by Gasteiger charge is 2.16. The van der Waals surface area contributed by atoms with Crippen molar-refractivity contribution in [3.63, 3.8) is 0 Å². The standard InChI is InChI=1S/C46H29NS/c1-3-9-39-31(7-1)13-15-33-17-18-35(27-42(33)39)30-19-22-36(23-20-30)47(38-25-26-46-44(29-38)41-11-5-6-12-45(41)48-46)37-24-21-34-16-14-32-8-2-4-10-40(32)43(34)28-37/h1-29H. The Balaban J connectivity index is 1.14. The van der Waals surface area contributed by atoms with Crippen LogP contribution in [0.3, 0.4) is 0 Å². The molecule has 0 atom stereocenters. The smallest absolute Gasteiger partial charge is 0.0468 e. The number of rotatable bonds is 4. The summed E-state index contributed by atoms with van der Waals surface area (Å²) >= 11 is 1.86. The van der Waals surface area contributed by atoms with Crippen molar-refractivity contribution in [2.24, 2.45) is 0 Å². The molecule has 10 aromatic rings. The van der Waals surface area contributed by atoms with E-state index in [1.807, 2.05) is 11.3 Å². The molecule has 0 saturated heterocycles. The Morgan fingerprint density at radius 2 is 0.750 bits per heavy atom. The van der Waals surface area contributed by atoms with Crippen molar-refractivity contribution in [1.29, 1.82) is 0 Å². The van der Waals surface area contributed by atoms with E-state index in [9.17, 15) is 0 Å². The number of nitrogens with zero attached hydrogens (tertiary/aromatic N) is 1. The van der Waals surface area contributed by atoms with E-state index in [4.69, 9.17) is 0 Å². The normalized spacial score (nSPS) is 11.8. The fourth-order valence-corrected chi connectivity index (χ4v) is 8.50. The van der Waals surface area contributed by atoms with Crippen LogP contribution in [-0.4, -0.2) is 0 Å². The van der Waals surface area contributed by atoms with Gasteiger partial charge < -0.3 is 4.90 Å². The van der Waals surface area contributed by atoms with Crippen LogP contribution in [0.15, 0.2) is 176 Å². The van der Waals surface area contributed by atoms with Crippen molar-refractivity contribution < 1.29 is 0 Å². The van der Waals surface area contributed by atoms with Gasteiger partial charge in [-0.25, -0.2) is 0 Å². The lowest BCUT2D eigenvalue weighted by atomic mass is 9.97. The minimum Gasteiger partial charge on any atom is -0.310 e. The lowest BCUT2D eigenvalue weighted by Crippen LogP contribution is -2.09. The third-order valence-corrected chi connectivity index (χ3v) is 11.0. The fourth-order valence-electron chi connectivity index (χ4n) is 7.41. The van der Waals surface area contributed by atoms with Gasteiger partial charge in [0, 0.05) is 37.2 Å². The minimum atomic E-state index is 1.13. The first-order chi connectivity index (χ1) is 23.8. The number of benzene rings is 9. The summed E-state index contributed by atoms with van der Waals surface area (Å²) in [5.41, 5.74) is 5.85. The van der Waals surface area contributed by atoms with E-state index >= 15 is 0 Å². The highest BCUT2D eigenvalue weighted by atomic mass is 32.1. The first-order valence-electron chi connectivity index (χ1n) is 16.4. The molecule has 0 unspecified atom stereocenters. The Hall–Kier alpha value is -5.96. The molecular formula is C46H29NS. The SMILES string of the molecule is c1ccc2c(c1)ccc1ccc(-c3ccc(N(c4ccc5ccc6ccccc6c5c4)c4ccc5sc6ccccc6c5c4)cc3)cc12. The van der Waals surface area contributed by atoms with Crippen molar-refractivity contribution >= 4 is 91.7 Å². The molecule has 0 radical (unpaired) electrons. The molecule has 0 aliphatic rings. The Morgan fingerprint density at radius 1 is 0.292 bits per heavy atom. The van der Waals surface area contributed by atoms with Gasteiger partial charge in [0.15, 0.2) is 0 Å². The van der Waals surface area contributed by atoms with Gasteiger partial charge in [-0.3, -0.25) is 0 Å². The molecule has 0 aliphatic heterocycles. The van der Waals surface area contributed by atoms with Crippen LogP contribution < -0.4 is 4.90 Å². The molecule has 1 aromatic heterocycles. The van der Waals surface area contributed by atoms with Gasteiger partial charge in [-0.05, 0) is 109 Å². The Bertz CT molecular complexity index is 2840. The minimum absolute atomic E-state index is 1.13. The summed E-state index contributed by atoms with van der Waals surface area (Å²) in [5, 5.41) is 12.8. The molecule has 0 saturated carbocycles. The van der Waals surface area contributed by atoms with Gasteiger partial charge in [0.05, 0.1) is 0 Å². The molecule has 48 heavy (non-hydrogen) atoms. The lowest BCUT2D eigenvalue weighted by Gasteiger charge is -2.26. The van der Waals surface area contributed by atoms with Crippen LogP contribution >= 0.6 is 11.3 Å². The van der Waals surface area contributed by atoms with Gasteiger partial charge in [-0.1, -0.05) is 121 Å². The highest BCUT2D eigenvalue weighted by Crippen LogP contribution is 2.42. The van der Waals surface area contributed by atoms with Gasteiger partial charge in [-0.15, -0.1) is 11.3 Å².